The molecule has 0 spiro atoms. The van der Waals surface area contributed by atoms with Crippen LogP contribution in [0.4, 0.5) is 5.69 Å². The maximum atomic E-state index is 11.0. The summed E-state index contributed by atoms with van der Waals surface area (Å²) in [5, 5.41) is 22.6. The Kier molecular flexibility index (Phi) is 5.51. The highest BCUT2D eigenvalue weighted by molar-refractivity contribution is 7.98. The van der Waals surface area contributed by atoms with Crippen LogP contribution in [0.2, 0.25) is 0 Å². The van der Waals surface area contributed by atoms with E-state index in [0.29, 0.717) is 5.75 Å². The third kappa shape index (κ3) is 4.20. The monoisotopic (exact) mass is 402 g/mol. The van der Waals surface area contributed by atoms with Crippen molar-refractivity contribution in [2.24, 2.45) is 0 Å². The lowest BCUT2D eigenvalue weighted by molar-refractivity contribution is -0.384. The molecule has 1 aromatic carbocycles. The number of hydrogen-bond acceptors (Lipinski definition) is 7. The van der Waals surface area contributed by atoms with Crippen molar-refractivity contribution in [3.8, 4) is 10.7 Å². The lowest BCUT2D eigenvalue weighted by Gasteiger charge is -2.14. The first-order chi connectivity index (χ1) is 13.2. The van der Waals surface area contributed by atoms with Crippen molar-refractivity contribution in [1.29, 1.82) is 0 Å². The van der Waals surface area contributed by atoms with Crippen LogP contribution >= 0.6 is 23.1 Å². The molecule has 1 atom stereocenters. The maximum absolute atomic E-state index is 11.0. The van der Waals surface area contributed by atoms with Crippen molar-refractivity contribution in [3.63, 3.8) is 0 Å². The number of hydrogen-bond donors (Lipinski definition) is 0. The summed E-state index contributed by atoms with van der Waals surface area (Å²) in [6, 6.07) is 10.7. The normalized spacial score (nSPS) is 16.7. The number of nitro benzene ring substituents is 1. The van der Waals surface area contributed by atoms with E-state index in [1.54, 1.807) is 23.5 Å². The lowest BCUT2D eigenvalue weighted by Crippen LogP contribution is -2.16. The van der Waals surface area contributed by atoms with Gasteiger partial charge < -0.3 is 4.74 Å². The van der Waals surface area contributed by atoms with Crippen LogP contribution < -0.4 is 0 Å². The van der Waals surface area contributed by atoms with Gasteiger partial charge in [0.15, 0.2) is 11.0 Å². The van der Waals surface area contributed by atoms with Crippen LogP contribution in [0.25, 0.3) is 10.7 Å². The van der Waals surface area contributed by atoms with Gasteiger partial charge in [-0.25, -0.2) is 0 Å². The van der Waals surface area contributed by atoms with Gasteiger partial charge in [-0.1, -0.05) is 30.0 Å². The van der Waals surface area contributed by atoms with Crippen LogP contribution in [0, 0.1) is 10.1 Å². The Hall–Kier alpha value is -2.23. The molecular weight excluding hydrogens is 384 g/mol. The number of aromatic nitrogens is 3. The van der Waals surface area contributed by atoms with Gasteiger partial charge in [0.05, 0.1) is 22.4 Å². The summed E-state index contributed by atoms with van der Waals surface area (Å²) in [5.74, 6) is 1.44. The van der Waals surface area contributed by atoms with E-state index in [2.05, 4.69) is 14.8 Å². The highest BCUT2D eigenvalue weighted by atomic mass is 32.2. The zero-order chi connectivity index (χ0) is 18.6. The molecule has 1 fully saturated rings. The second-order valence-corrected chi connectivity index (χ2v) is 8.13. The van der Waals surface area contributed by atoms with Crippen molar-refractivity contribution >= 4 is 28.8 Å². The molecule has 0 saturated carbocycles. The number of nitrogens with zero attached hydrogens (tertiary/aromatic N) is 4. The Labute approximate surface area is 164 Å². The largest absolute Gasteiger partial charge is 0.376 e. The van der Waals surface area contributed by atoms with Crippen LogP contribution in [0.1, 0.15) is 18.4 Å². The summed E-state index contributed by atoms with van der Waals surface area (Å²) in [5.41, 5.74) is 0.992. The minimum absolute atomic E-state index is 0.105. The molecule has 7 nitrogen and oxygen atoms in total. The van der Waals surface area contributed by atoms with Crippen LogP contribution in [-0.2, 0) is 17.0 Å². The first-order valence-electron chi connectivity index (χ1n) is 8.65. The van der Waals surface area contributed by atoms with E-state index < -0.39 is 0 Å². The highest BCUT2D eigenvalue weighted by Crippen LogP contribution is 2.30. The van der Waals surface area contributed by atoms with E-state index in [9.17, 15) is 10.1 Å². The Morgan fingerprint density at radius 1 is 1.33 bits per heavy atom. The molecule has 0 bridgehead atoms. The minimum Gasteiger partial charge on any atom is -0.376 e. The molecule has 9 heteroatoms. The number of thioether (sulfide) groups is 1. The molecule has 0 N–H and O–H groups in total. The van der Waals surface area contributed by atoms with Crippen LogP contribution in [-0.4, -0.2) is 32.4 Å². The molecule has 1 unspecified atom stereocenters. The topological polar surface area (TPSA) is 83.1 Å². The van der Waals surface area contributed by atoms with Crippen molar-refractivity contribution in [2.75, 3.05) is 6.61 Å². The average molecular weight is 403 g/mol. The van der Waals surface area contributed by atoms with E-state index in [1.807, 2.05) is 23.6 Å². The smallest absolute Gasteiger partial charge is 0.269 e. The van der Waals surface area contributed by atoms with E-state index in [0.717, 1.165) is 47.4 Å². The van der Waals surface area contributed by atoms with Crippen LogP contribution in [0.5, 0.6) is 0 Å². The van der Waals surface area contributed by atoms with Gasteiger partial charge in [0.1, 0.15) is 0 Å². The minimum atomic E-state index is -0.372. The van der Waals surface area contributed by atoms with E-state index in [-0.39, 0.29) is 16.7 Å². The standard InChI is InChI=1S/C18H18N4O3S2/c23-22(24)14-5-1-4-13(10-14)12-27-18-20-19-17(16-7-3-9-26-16)21(18)11-15-6-2-8-25-15/h1,3-5,7,9-10,15H,2,6,8,11-12H2. The maximum Gasteiger partial charge on any atom is 0.269 e. The third-order valence-electron chi connectivity index (χ3n) is 4.36. The Balaban J connectivity index is 1.56. The van der Waals surface area contributed by atoms with Gasteiger partial charge in [-0.15, -0.1) is 21.5 Å². The van der Waals surface area contributed by atoms with E-state index >= 15 is 0 Å². The van der Waals surface area contributed by atoms with E-state index in [1.165, 1.54) is 17.8 Å². The molecular formula is C18H18N4O3S2. The molecule has 4 rings (SSSR count). The van der Waals surface area contributed by atoms with Gasteiger partial charge in [0.25, 0.3) is 5.69 Å². The molecule has 140 valence electrons. The average Bonchev–Trinajstić information content (AvgIpc) is 3.43. The fourth-order valence-corrected chi connectivity index (χ4v) is 4.66. The molecule has 27 heavy (non-hydrogen) atoms. The van der Waals surface area contributed by atoms with Gasteiger partial charge in [0.2, 0.25) is 0 Å². The second-order valence-electron chi connectivity index (χ2n) is 6.24. The first-order valence-corrected chi connectivity index (χ1v) is 10.5. The fourth-order valence-electron chi connectivity index (χ4n) is 3.05. The van der Waals surface area contributed by atoms with Crippen LogP contribution in [0.15, 0.2) is 46.9 Å². The SMILES string of the molecule is O=[N+]([O-])c1cccc(CSc2nnc(-c3cccs3)n2CC2CCCO2)c1. The summed E-state index contributed by atoms with van der Waals surface area (Å²) in [6.07, 6.45) is 2.30. The second kappa shape index (κ2) is 8.20. The summed E-state index contributed by atoms with van der Waals surface area (Å²) in [6.45, 7) is 1.52. The molecule has 0 amide bonds. The highest BCUT2D eigenvalue weighted by Gasteiger charge is 2.22. The van der Waals surface area contributed by atoms with Gasteiger partial charge in [-0.05, 0) is 29.9 Å². The van der Waals surface area contributed by atoms with Crippen molar-refractivity contribution in [1.82, 2.24) is 14.8 Å². The molecule has 2 aromatic heterocycles. The lowest BCUT2D eigenvalue weighted by atomic mass is 10.2. The van der Waals surface area contributed by atoms with Crippen molar-refractivity contribution in [2.45, 2.75) is 36.4 Å². The van der Waals surface area contributed by atoms with Gasteiger partial charge in [-0.2, -0.15) is 0 Å². The molecule has 0 aliphatic carbocycles. The summed E-state index contributed by atoms with van der Waals surface area (Å²) < 4.78 is 7.92. The number of ether oxygens (including phenoxy) is 1. The number of non-ortho nitro benzene ring substituents is 1. The fraction of sp³-hybridized carbons (Fsp3) is 0.333. The van der Waals surface area contributed by atoms with Gasteiger partial charge >= 0.3 is 0 Å². The quantitative estimate of drug-likeness (QED) is 0.331. The molecule has 1 aliphatic heterocycles. The molecule has 0 radical (unpaired) electrons. The Bertz CT molecular complexity index is 921. The Morgan fingerprint density at radius 2 is 2.26 bits per heavy atom. The third-order valence-corrected chi connectivity index (χ3v) is 6.26. The number of nitro groups is 1. The number of thiophene rings is 1. The number of rotatable bonds is 7. The molecule has 1 aliphatic rings. The predicted octanol–water partition coefficient (Wildman–Crippen LogP) is 4.39. The number of benzene rings is 1. The predicted molar refractivity (Wildman–Crippen MR) is 105 cm³/mol. The summed E-state index contributed by atoms with van der Waals surface area (Å²) in [4.78, 5) is 11.7. The van der Waals surface area contributed by atoms with Crippen molar-refractivity contribution < 1.29 is 9.66 Å². The molecule has 3 heterocycles. The zero-order valence-corrected chi connectivity index (χ0v) is 16.1. The van der Waals surface area contributed by atoms with Crippen molar-refractivity contribution in [3.05, 3.63) is 57.5 Å². The molecule has 3 aromatic rings. The zero-order valence-electron chi connectivity index (χ0n) is 14.5. The summed E-state index contributed by atoms with van der Waals surface area (Å²) in [7, 11) is 0. The van der Waals surface area contributed by atoms with Crippen LogP contribution in [0.3, 0.4) is 0 Å². The van der Waals surface area contributed by atoms with Gasteiger partial charge in [0, 0.05) is 24.5 Å². The molecule has 1 saturated heterocycles. The van der Waals surface area contributed by atoms with Gasteiger partial charge in [-0.3, -0.25) is 14.7 Å². The summed E-state index contributed by atoms with van der Waals surface area (Å²) >= 11 is 3.17. The first kappa shape index (κ1) is 18.1. The van der Waals surface area contributed by atoms with E-state index in [4.69, 9.17) is 4.74 Å². The Morgan fingerprint density at radius 3 is 3.00 bits per heavy atom.